The topological polar surface area (TPSA) is 93.0 Å². The molecule has 0 spiro atoms. The minimum Gasteiger partial charge on any atom is -0.480 e. The highest BCUT2D eigenvalue weighted by Crippen LogP contribution is 2.31. The van der Waals surface area contributed by atoms with Gasteiger partial charge in [0.25, 0.3) is 0 Å². The summed E-state index contributed by atoms with van der Waals surface area (Å²) in [6, 6.07) is 0. The van der Waals surface area contributed by atoms with E-state index in [1.807, 2.05) is 0 Å². The Balaban J connectivity index is 1.84. The monoisotopic (exact) mass is 298 g/mol. The minimum atomic E-state index is -1.29. The summed E-state index contributed by atoms with van der Waals surface area (Å²) in [4.78, 5) is 14.1. The van der Waals surface area contributed by atoms with E-state index in [1.54, 1.807) is 0 Å². The van der Waals surface area contributed by atoms with E-state index in [9.17, 15) is 9.90 Å². The minimum absolute atomic E-state index is 0.212. The second-order valence-electron chi connectivity index (χ2n) is 6.55. The largest absolute Gasteiger partial charge is 0.480 e. The first-order chi connectivity index (χ1) is 10.0. The third-order valence-corrected chi connectivity index (χ3v) is 4.91. The summed E-state index contributed by atoms with van der Waals surface area (Å²) in [5.74, 6) is -0.559. The number of rotatable bonds is 7. The number of hydrogen-bond acceptors (Lipinski definition) is 5. The normalized spacial score (nSPS) is 30.5. The van der Waals surface area contributed by atoms with Crippen LogP contribution in [0.15, 0.2) is 0 Å². The highest BCUT2D eigenvalue weighted by atomic mass is 16.4. The van der Waals surface area contributed by atoms with Gasteiger partial charge in [0.2, 0.25) is 0 Å². The molecule has 120 valence electrons. The first kappa shape index (κ1) is 16.7. The van der Waals surface area contributed by atoms with E-state index in [1.165, 1.54) is 19.3 Å². The van der Waals surface area contributed by atoms with E-state index in [2.05, 4.69) is 10.2 Å². The van der Waals surface area contributed by atoms with Gasteiger partial charge in [0.1, 0.15) is 5.54 Å². The van der Waals surface area contributed by atoms with Gasteiger partial charge in [-0.05, 0) is 57.6 Å². The summed E-state index contributed by atoms with van der Waals surface area (Å²) >= 11 is 0. The van der Waals surface area contributed by atoms with E-state index >= 15 is 0 Å². The lowest BCUT2D eigenvalue weighted by atomic mass is 9.79. The molecule has 2 saturated heterocycles. The van der Waals surface area contributed by atoms with Crippen molar-refractivity contribution in [1.29, 1.82) is 0 Å². The van der Waals surface area contributed by atoms with Crippen LogP contribution in [0.2, 0.25) is 6.32 Å². The summed E-state index contributed by atoms with van der Waals surface area (Å²) in [5.41, 5.74) is -0.831. The molecular formula is C14H27BN2O4. The molecule has 2 fully saturated rings. The van der Waals surface area contributed by atoms with Crippen molar-refractivity contribution in [3.05, 3.63) is 0 Å². The first-order valence-electron chi connectivity index (χ1n) is 8.09. The van der Waals surface area contributed by atoms with Gasteiger partial charge >= 0.3 is 13.1 Å². The molecule has 2 atom stereocenters. The lowest BCUT2D eigenvalue weighted by Gasteiger charge is -2.31. The molecule has 0 aliphatic carbocycles. The number of nitrogens with zero attached hydrogens (tertiary/aromatic N) is 1. The van der Waals surface area contributed by atoms with Crippen molar-refractivity contribution in [1.82, 2.24) is 10.2 Å². The van der Waals surface area contributed by atoms with E-state index in [0.717, 1.165) is 19.6 Å². The van der Waals surface area contributed by atoms with E-state index in [4.69, 9.17) is 10.0 Å². The first-order valence-corrected chi connectivity index (χ1v) is 8.09. The molecule has 7 heteroatoms. The molecule has 0 aromatic carbocycles. The maximum atomic E-state index is 11.7. The van der Waals surface area contributed by atoms with Gasteiger partial charge in [-0.15, -0.1) is 0 Å². The molecule has 2 aliphatic rings. The van der Waals surface area contributed by atoms with Gasteiger partial charge in [-0.1, -0.05) is 12.8 Å². The van der Waals surface area contributed by atoms with Gasteiger partial charge in [0.05, 0.1) is 0 Å². The van der Waals surface area contributed by atoms with Gasteiger partial charge in [0, 0.05) is 6.54 Å². The number of aliphatic carboxylic acids is 1. The molecule has 0 saturated carbocycles. The van der Waals surface area contributed by atoms with Crippen molar-refractivity contribution in [3.63, 3.8) is 0 Å². The Morgan fingerprint density at radius 2 is 2.00 bits per heavy atom. The summed E-state index contributed by atoms with van der Waals surface area (Å²) in [7, 11) is -1.29. The number of piperidine rings is 1. The van der Waals surface area contributed by atoms with Gasteiger partial charge in [-0.3, -0.25) is 4.79 Å². The lowest BCUT2D eigenvalue weighted by molar-refractivity contribution is -0.144. The zero-order chi connectivity index (χ0) is 15.3. The van der Waals surface area contributed by atoms with Gasteiger partial charge < -0.3 is 25.4 Å². The Hall–Kier alpha value is -0.625. The van der Waals surface area contributed by atoms with Crippen LogP contribution in [0.4, 0.5) is 0 Å². The fraction of sp³-hybridized carbons (Fsp3) is 0.929. The number of nitrogens with one attached hydrogen (secondary N) is 1. The zero-order valence-corrected chi connectivity index (χ0v) is 12.6. The average Bonchev–Trinajstić information content (AvgIpc) is 2.89. The summed E-state index contributed by atoms with van der Waals surface area (Å²) in [6.45, 7) is 3.64. The van der Waals surface area contributed by atoms with Crippen LogP contribution in [-0.4, -0.2) is 64.9 Å². The van der Waals surface area contributed by atoms with Crippen molar-refractivity contribution in [2.24, 2.45) is 5.92 Å². The maximum absolute atomic E-state index is 11.7. The van der Waals surface area contributed by atoms with Crippen LogP contribution < -0.4 is 5.32 Å². The highest BCUT2D eigenvalue weighted by molar-refractivity contribution is 6.40. The third kappa shape index (κ3) is 4.67. The van der Waals surface area contributed by atoms with Crippen molar-refractivity contribution < 1.29 is 19.9 Å². The maximum Gasteiger partial charge on any atom is 0.451 e. The van der Waals surface area contributed by atoms with Crippen LogP contribution >= 0.6 is 0 Å². The smallest absolute Gasteiger partial charge is 0.451 e. The van der Waals surface area contributed by atoms with Crippen molar-refractivity contribution in [2.45, 2.75) is 50.4 Å². The Morgan fingerprint density at radius 3 is 2.62 bits per heavy atom. The third-order valence-electron chi connectivity index (χ3n) is 4.91. The lowest BCUT2D eigenvalue weighted by Crippen LogP contribution is -2.50. The van der Waals surface area contributed by atoms with Crippen molar-refractivity contribution in [2.75, 3.05) is 26.2 Å². The molecule has 0 amide bonds. The molecule has 4 N–H and O–H groups in total. The molecule has 1 unspecified atom stereocenters. The van der Waals surface area contributed by atoms with Crippen LogP contribution in [-0.2, 0) is 4.79 Å². The Kier molecular flexibility index (Phi) is 6.04. The van der Waals surface area contributed by atoms with E-state index in [-0.39, 0.29) is 5.92 Å². The molecule has 2 aliphatic heterocycles. The number of carboxylic acid groups (broad SMARTS) is 1. The molecule has 0 radical (unpaired) electrons. The molecule has 2 rings (SSSR count). The van der Waals surface area contributed by atoms with Crippen LogP contribution in [0.5, 0.6) is 0 Å². The number of likely N-dealkylation sites (tertiary alicyclic amines) is 1. The SMILES string of the molecule is O=C(O)[C@]1(CCN2CCCCC2)CC(CCB(O)O)CN1. The standard InChI is InChI=1S/C14H27BN2O4/c18-13(19)14(5-9-17-7-2-1-3-8-17)10-12(11-16-14)4-6-15(20)21/h12,16,20-21H,1-11H2,(H,18,19)/t12?,14-/m0/s1. The van der Waals surface area contributed by atoms with Crippen LogP contribution in [0.25, 0.3) is 0 Å². The fourth-order valence-corrected chi connectivity index (χ4v) is 3.56. The molecule has 0 bridgehead atoms. The second kappa shape index (κ2) is 7.58. The number of carboxylic acids is 1. The summed E-state index contributed by atoms with van der Waals surface area (Å²) in [5, 5.41) is 30.7. The van der Waals surface area contributed by atoms with Gasteiger partial charge in [-0.25, -0.2) is 0 Å². The fourth-order valence-electron chi connectivity index (χ4n) is 3.56. The Labute approximate surface area is 126 Å². The van der Waals surface area contributed by atoms with Crippen LogP contribution in [0, 0.1) is 5.92 Å². The second-order valence-corrected chi connectivity index (χ2v) is 6.55. The van der Waals surface area contributed by atoms with E-state index < -0.39 is 18.6 Å². The predicted molar refractivity (Wildman–Crippen MR) is 81.0 cm³/mol. The predicted octanol–water partition coefficient (Wildman–Crippen LogP) is 0.158. The van der Waals surface area contributed by atoms with Crippen LogP contribution in [0.3, 0.4) is 0 Å². The Bertz CT molecular complexity index is 350. The summed E-state index contributed by atoms with van der Waals surface area (Å²) in [6.07, 6.45) is 5.89. The van der Waals surface area contributed by atoms with Crippen LogP contribution in [0.1, 0.15) is 38.5 Å². The van der Waals surface area contributed by atoms with Gasteiger partial charge in [-0.2, -0.15) is 0 Å². The molecule has 0 aromatic rings. The van der Waals surface area contributed by atoms with E-state index in [0.29, 0.717) is 32.1 Å². The summed E-state index contributed by atoms with van der Waals surface area (Å²) < 4.78 is 0. The average molecular weight is 298 g/mol. The molecule has 2 heterocycles. The van der Waals surface area contributed by atoms with Crippen molar-refractivity contribution in [3.8, 4) is 0 Å². The molecular weight excluding hydrogens is 271 g/mol. The number of carbonyl (C=O) groups is 1. The Morgan fingerprint density at radius 1 is 1.29 bits per heavy atom. The highest BCUT2D eigenvalue weighted by Gasteiger charge is 2.45. The van der Waals surface area contributed by atoms with Gasteiger partial charge in [0.15, 0.2) is 0 Å². The van der Waals surface area contributed by atoms with Crippen molar-refractivity contribution >= 4 is 13.1 Å². The molecule has 0 aromatic heterocycles. The number of hydrogen-bond donors (Lipinski definition) is 4. The molecule has 21 heavy (non-hydrogen) atoms. The molecule has 6 nitrogen and oxygen atoms in total. The zero-order valence-electron chi connectivity index (χ0n) is 12.6. The quantitative estimate of drug-likeness (QED) is 0.500.